The monoisotopic (exact) mass is 273 g/mol. The number of piperidine rings is 1. The summed E-state index contributed by atoms with van der Waals surface area (Å²) in [6, 6.07) is 7.65. The molecule has 0 aliphatic carbocycles. The van der Waals surface area contributed by atoms with Crippen molar-refractivity contribution in [3.8, 4) is 0 Å². The molecular formula is C15H16FN3O. The zero-order valence-corrected chi connectivity index (χ0v) is 11.1. The van der Waals surface area contributed by atoms with Crippen LogP contribution in [0.4, 0.5) is 4.39 Å². The zero-order chi connectivity index (χ0) is 13.9. The third-order valence-electron chi connectivity index (χ3n) is 3.74. The molecule has 20 heavy (non-hydrogen) atoms. The van der Waals surface area contributed by atoms with E-state index >= 15 is 0 Å². The number of hydrogen-bond donors (Lipinski definition) is 1. The standard InChI is InChI=1S/C15H16FN3O/c16-12-6-4-11(5-7-12)15(20)19-10-2-1-3-14(19)13-8-9-17-18-13/h4-9,14H,1-3,10H2,(H,17,18). The van der Waals surface area contributed by atoms with Crippen molar-refractivity contribution in [2.24, 2.45) is 0 Å². The van der Waals surface area contributed by atoms with Crippen molar-refractivity contribution in [2.45, 2.75) is 25.3 Å². The Hall–Kier alpha value is -2.17. The number of nitrogens with one attached hydrogen (secondary N) is 1. The summed E-state index contributed by atoms with van der Waals surface area (Å²) in [4.78, 5) is 14.4. The van der Waals surface area contributed by atoms with Crippen LogP contribution in [0.5, 0.6) is 0 Å². The molecule has 104 valence electrons. The van der Waals surface area contributed by atoms with Gasteiger partial charge >= 0.3 is 0 Å². The fraction of sp³-hybridized carbons (Fsp3) is 0.333. The highest BCUT2D eigenvalue weighted by atomic mass is 19.1. The van der Waals surface area contributed by atoms with Crippen LogP contribution in [0.1, 0.15) is 41.4 Å². The molecule has 1 atom stereocenters. The summed E-state index contributed by atoms with van der Waals surface area (Å²) in [6.45, 7) is 0.722. The molecule has 1 unspecified atom stereocenters. The highest BCUT2D eigenvalue weighted by Crippen LogP contribution is 2.30. The number of benzene rings is 1. The Morgan fingerprint density at radius 1 is 1.25 bits per heavy atom. The Morgan fingerprint density at radius 3 is 2.75 bits per heavy atom. The average molecular weight is 273 g/mol. The Bertz CT molecular complexity index is 580. The molecule has 2 aromatic rings. The molecule has 1 aliphatic heterocycles. The maximum atomic E-state index is 13.0. The first-order chi connectivity index (χ1) is 9.75. The van der Waals surface area contributed by atoms with E-state index in [0.29, 0.717) is 5.56 Å². The first-order valence-electron chi connectivity index (χ1n) is 6.81. The molecule has 1 saturated heterocycles. The number of halogens is 1. The molecule has 1 amide bonds. The predicted molar refractivity (Wildman–Crippen MR) is 72.6 cm³/mol. The number of likely N-dealkylation sites (tertiary alicyclic amines) is 1. The summed E-state index contributed by atoms with van der Waals surface area (Å²) in [5.41, 5.74) is 1.48. The van der Waals surface area contributed by atoms with Gasteiger partial charge in [0.1, 0.15) is 5.82 Å². The molecule has 2 heterocycles. The minimum Gasteiger partial charge on any atom is -0.330 e. The van der Waals surface area contributed by atoms with Gasteiger partial charge in [-0.05, 0) is 49.6 Å². The normalized spacial score (nSPS) is 19.1. The van der Waals surface area contributed by atoms with E-state index in [-0.39, 0.29) is 17.8 Å². The SMILES string of the molecule is O=C(c1ccc(F)cc1)N1CCCCC1c1ccn[nH]1. The van der Waals surface area contributed by atoms with Crippen LogP contribution in [-0.4, -0.2) is 27.5 Å². The summed E-state index contributed by atoms with van der Waals surface area (Å²) >= 11 is 0. The third kappa shape index (κ3) is 2.43. The maximum Gasteiger partial charge on any atom is 0.254 e. The Morgan fingerprint density at radius 2 is 2.05 bits per heavy atom. The molecule has 0 saturated carbocycles. The van der Waals surface area contributed by atoms with Crippen LogP contribution in [0.15, 0.2) is 36.5 Å². The zero-order valence-electron chi connectivity index (χ0n) is 11.1. The smallest absolute Gasteiger partial charge is 0.254 e. The average Bonchev–Trinajstić information content (AvgIpc) is 3.01. The summed E-state index contributed by atoms with van der Waals surface area (Å²) in [6.07, 6.45) is 4.72. The first-order valence-corrected chi connectivity index (χ1v) is 6.81. The summed E-state index contributed by atoms with van der Waals surface area (Å²) < 4.78 is 13.0. The number of aromatic amines is 1. The molecule has 4 nitrogen and oxygen atoms in total. The van der Waals surface area contributed by atoms with Gasteiger partial charge in [-0.15, -0.1) is 0 Å². The van der Waals surface area contributed by atoms with Gasteiger partial charge in [-0.1, -0.05) is 0 Å². The Kier molecular flexibility index (Phi) is 3.50. The second-order valence-corrected chi connectivity index (χ2v) is 5.03. The first kappa shape index (κ1) is 12.8. The van der Waals surface area contributed by atoms with Crippen LogP contribution in [0.3, 0.4) is 0 Å². The molecule has 5 heteroatoms. The molecule has 0 radical (unpaired) electrons. The van der Waals surface area contributed by atoms with Crippen molar-refractivity contribution < 1.29 is 9.18 Å². The van der Waals surface area contributed by atoms with E-state index in [9.17, 15) is 9.18 Å². The fourth-order valence-electron chi connectivity index (χ4n) is 2.71. The summed E-state index contributed by atoms with van der Waals surface area (Å²) in [5.74, 6) is -0.380. The van der Waals surface area contributed by atoms with Gasteiger partial charge in [-0.25, -0.2) is 4.39 Å². The van der Waals surface area contributed by atoms with E-state index in [0.717, 1.165) is 31.5 Å². The number of carbonyl (C=O) groups is 1. The van der Waals surface area contributed by atoms with Gasteiger partial charge in [-0.3, -0.25) is 9.89 Å². The minimum absolute atomic E-state index is 0.0313. The molecule has 0 bridgehead atoms. The summed E-state index contributed by atoms with van der Waals surface area (Å²) in [7, 11) is 0. The lowest BCUT2D eigenvalue weighted by molar-refractivity contribution is 0.0606. The molecule has 1 N–H and O–H groups in total. The van der Waals surface area contributed by atoms with Gasteiger partial charge in [0.15, 0.2) is 0 Å². The van der Waals surface area contributed by atoms with Crippen LogP contribution >= 0.6 is 0 Å². The number of H-pyrrole nitrogens is 1. The highest BCUT2D eigenvalue weighted by molar-refractivity contribution is 5.94. The van der Waals surface area contributed by atoms with Crippen LogP contribution < -0.4 is 0 Å². The number of amides is 1. The highest BCUT2D eigenvalue weighted by Gasteiger charge is 2.29. The topological polar surface area (TPSA) is 49.0 Å². The number of hydrogen-bond acceptors (Lipinski definition) is 2. The molecule has 1 aliphatic rings. The van der Waals surface area contributed by atoms with E-state index in [1.165, 1.54) is 24.3 Å². The summed E-state index contributed by atoms with van der Waals surface area (Å²) in [5, 5.41) is 6.91. The van der Waals surface area contributed by atoms with Crippen molar-refractivity contribution >= 4 is 5.91 Å². The van der Waals surface area contributed by atoms with Crippen molar-refractivity contribution in [1.82, 2.24) is 15.1 Å². The van der Waals surface area contributed by atoms with Crippen molar-refractivity contribution in [3.05, 3.63) is 53.6 Å². The number of nitrogens with zero attached hydrogens (tertiary/aromatic N) is 2. The van der Waals surface area contributed by atoms with Crippen molar-refractivity contribution in [3.63, 3.8) is 0 Å². The second-order valence-electron chi connectivity index (χ2n) is 5.03. The van der Waals surface area contributed by atoms with E-state index in [1.54, 1.807) is 6.20 Å². The largest absolute Gasteiger partial charge is 0.330 e. The Labute approximate surface area is 116 Å². The van der Waals surface area contributed by atoms with Gasteiger partial charge in [0.2, 0.25) is 0 Å². The molecule has 1 aromatic heterocycles. The molecule has 1 fully saturated rings. The lowest BCUT2D eigenvalue weighted by Crippen LogP contribution is -2.38. The number of aromatic nitrogens is 2. The van der Waals surface area contributed by atoms with Crippen molar-refractivity contribution in [2.75, 3.05) is 6.54 Å². The fourth-order valence-corrected chi connectivity index (χ4v) is 2.71. The quantitative estimate of drug-likeness (QED) is 0.914. The molecule has 3 rings (SSSR count). The van der Waals surface area contributed by atoms with Gasteiger partial charge in [0.25, 0.3) is 5.91 Å². The number of carbonyl (C=O) groups excluding carboxylic acids is 1. The van der Waals surface area contributed by atoms with Crippen LogP contribution in [0.2, 0.25) is 0 Å². The lowest BCUT2D eigenvalue weighted by Gasteiger charge is -2.35. The predicted octanol–water partition coefficient (Wildman–Crippen LogP) is 2.92. The Balaban J connectivity index is 1.86. The van der Waals surface area contributed by atoms with Crippen LogP contribution in [-0.2, 0) is 0 Å². The molecular weight excluding hydrogens is 257 g/mol. The maximum absolute atomic E-state index is 13.0. The van der Waals surface area contributed by atoms with Gasteiger partial charge in [-0.2, -0.15) is 5.10 Å². The van der Waals surface area contributed by atoms with Crippen LogP contribution in [0, 0.1) is 5.82 Å². The second kappa shape index (κ2) is 5.45. The van der Waals surface area contributed by atoms with Crippen LogP contribution in [0.25, 0.3) is 0 Å². The van der Waals surface area contributed by atoms with Gasteiger partial charge < -0.3 is 4.90 Å². The van der Waals surface area contributed by atoms with E-state index in [1.807, 2.05) is 11.0 Å². The van der Waals surface area contributed by atoms with E-state index < -0.39 is 0 Å². The van der Waals surface area contributed by atoms with Crippen molar-refractivity contribution in [1.29, 1.82) is 0 Å². The van der Waals surface area contributed by atoms with Gasteiger partial charge in [0.05, 0.1) is 11.7 Å². The van der Waals surface area contributed by atoms with E-state index in [2.05, 4.69) is 10.2 Å². The minimum atomic E-state index is -0.328. The molecule has 0 spiro atoms. The van der Waals surface area contributed by atoms with Gasteiger partial charge in [0, 0.05) is 18.3 Å². The third-order valence-corrected chi connectivity index (χ3v) is 3.74. The van der Waals surface area contributed by atoms with E-state index in [4.69, 9.17) is 0 Å². The number of rotatable bonds is 2. The molecule has 1 aromatic carbocycles. The lowest BCUT2D eigenvalue weighted by atomic mass is 9.98.